The molecule has 4 aliphatic rings. The number of rotatable bonds is 2. The summed E-state index contributed by atoms with van der Waals surface area (Å²) >= 11 is 0. The van der Waals surface area contributed by atoms with Crippen molar-refractivity contribution < 1.29 is 38.7 Å². The summed E-state index contributed by atoms with van der Waals surface area (Å²) in [7, 11) is 0. The molecule has 0 amide bonds. The quantitative estimate of drug-likeness (QED) is 0.726. The second kappa shape index (κ2) is 10.0. The standard InChI is InChI=1S/C24H26O8/c25-23(26)19-13-15-1-5-21(19)31-11-9-29-7-8-30-10-12-32-22-6-2-16(14-20(22)24(27)28)18-4-3-17(15)18/h1-2,5-6,13-14,17-18H,3-4,7-12H2,(H,25,26)(H,27,28)/t17-,18+. The lowest BCUT2D eigenvalue weighted by Crippen LogP contribution is -2.23. The summed E-state index contributed by atoms with van der Waals surface area (Å²) in [5.74, 6) is -1.27. The maximum Gasteiger partial charge on any atom is 0.339 e. The summed E-state index contributed by atoms with van der Waals surface area (Å²) in [6.45, 7) is 1.79. The molecule has 3 aliphatic heterocycles. The molecule has 2 aromatic carbocycles. The highest BCUT2D eigenvalue weighted by Gasteiger charge is 2.34. The molecule has 2 aromatic rings. The van der Waals surface area contributed by atoms with Crippen LogP contribution in [0.25, 0.3) is 0 Å². The van der Waals surface area contributed by atoms with Crippen LogP contribution in [0.2, 0.25) is 0 Å². The van der Waals surface area contributed by atoms with Crippen LogP contribution in [-0.4, -0.2) is 61.8 Å². The summed E-state index contributed by atoms with van der Waals surface area (Å²) in [4.78, 5) is 23.6. The summed E-state index contributed by atoms with van der Waals surface area (Å²) < 4.78 is 22.2. The normalized spacial score (nSPS) is 21.5. The summed E-state index contributed by atoms with van der Waals surface area (Å²) in [6.07, 6.45) is 1.80. The Bertz CT molecular complexity index is 906. The zero-order valence-corrected chi connectivity index (χ0v) is 17.6. The molecule has 4 bridgehead atoms. The van der Waals surface area contributed by atoms with Gasteiger partial charge in [0.25, 0.3) is 0 Å². The topological polar surface area (TPSA) is 112 Å². The van der Waals surface area contributed by atoms with Crippen LogP contribution in [-0.2, 0) is 9.47 Å². The molecule has 2 atom stereocenters. The number of carbonyl (C=O) groups is 2. The van der Waals surface area contributed by atoms with Gasteiger partial charge in [-0.25, -0.2) is 9.59 Å². The predicted octanol–water partition coefficient (Wildman–Crippen LogP) is 3.55. The monoisotopic (exact) mass is 442 g/mol. The Morgan fingerprint density at radius 2 is 1.06 bits per heavy atom. The molecule has 1 aliphatic carbocycles. The first-order valence-electron chi connectivity index (χ1n) is 10.7. The van der Waals surface area contributed by atoms with E-state index in [9.17, 15) is 19.8 Å². The summed E-state index contributed by atoms with van der Waals surface area (Å²) in [5, 5.41) is 19.3. The maximum atomic E-state index is 11.8. The van der Waals surface area contributed by atoms with Crippen molar-refractivity contribution in [3.63, 3.8) is 0 Å². The average Bonchev–Trinajstić information content (AvgIpc) is 2.74. The smallest absolute Gasteiger partial charge is 0.339 e. The molecule has 0 radical (unpaired) electrons. The molecule has 3 heterocycles. The molecule has 1 fully saturated rings. The van der Waals surface area contributed by atoms with Gasteiger partial charge in [-0.05, 0) is 60.1 Å². The molecule has 8 nitrogen and oxygen atoms in total. The van der Waals surface area contributed by atoms with Gasteiger partial charge in [0.1, 0.15) is 35.8 Å². The van der Waals surface area contributed by atoms with Gasteiger partial charge in [-0.3, -0.25) is 0 Å². The number of hydrogen-bond donors (Lipinski definition) is 2. The Labute approximate surface area is 185 Å². The van der Waals surface area contributed by atoms with E-state index in [1.807, 2.05) is 12.1 Å². The van der Waals surface area contributed by atoms with E-state index in [2.05, 4.69) is 0 Å². The van der Waals surface area contributed by atoms with Gasteiger partial charge in [-0.15, -0.1) is 0 Å². The number of carboxylic acid groups (broad SMARTS) is 2. The summed E-state index contributed by atoms with van der Waals surface area (Å²) in [6, 6.07) is 10.5. The maximum absolute atomic E-state index is 11.8. The Morgan fingerprint density at radius 3 is 1.44 bits per heavy atom. The lowest BCUT2D eigenvalue weighted by Gasteiger charge is -2.38. The fraction of sp³-hybridized carbons (Fsp3) is 0.417. The number of aromatic carboxylic acids is 2. The number of fused-ring (bicyclic) bond motifs is 2. The first-order valence-corrected chi connectivity index (χ1v) is 10.7. The molecular weight excluding hydrogens is 416 g/mol. The van der Waals surface area contributed by atoms with E-state index in [1.54, 1.807) is 24.3 Å². The van der Waals surface area contributed by atoms with E-state index in [0.29, 0.717) is 37.9 Å². The van der Waals surface area contributed by atoms with Crippen molar-refractivity contribution in [1.82, 2.24) is 0 Å². The first-order chi connectivity index (χ1) is 15.5. The highest BCUT2D eigenvalue weighted by atomic mass is 16.6. The minimum Gasteiger partial charge on any atom is -0.490 e. The van der Waals surface area contributed by atoms with Crippen molar-refractivity contribution in [1.29, 1.82) is 0 Å². The van der Waals surface area contributed by atoms with Crippen LogP contribution in [0.1, 0.15) is 56.5 Å². The van der Waals surface area contributed by atoms with Crippen LogP contribution >= 0.6 is 0 Å². The number of carboxylic acids is 2. The molecule has 2 N–H and O–H groups in total. The average molecular weight is 442 g/mol. The van der Waals surface area contributed by atoms with Crippen molar-refractivity contribution in [2.75, 3.05) is 39.6 Å². The van der Waals surface area contributed by atoms with Gasteiger partial charge >= 0.3 is 11.9 Å². The molecule has 32 heavy (non-hydrogen) atoms. The van der Waals surface area contributed by atoms with E-state index in [4.69, 9.17) is 18.9 Å². The highest BCUT2D eigenvalue weighted by molar-refractivity contribution is 5.91. The minimum absolute atomic E-state index is 0.109. The lowest BCUT2D eigenvalue weighted by atomic mass is 9.66. The van der Waals surface area contributed by atoms with Crippen LogP contribution in [0.4, 0.5) is 0 Å². The van der Waals surface area contributed by atoms with Crippen molar-refractivity contribution >= 4 is 11.9 Å². The SMILES string of the molecule is O=C(O)c1cc2ccc1OCCOCCOCCOc1ccc(cc1C(=O)O)[C@@H]1CC[C@H]21. The van der Waals surface area contributed by atoms with E-state index >= 15 is 0 Å². The van der Waals surface area contributed by atoms with Gasteiger partial charge < -0.3 is 29.2 Å². The zero-order chi connectivity index (χ0) is 22.5. The van der Waals surface area contributed by atoms with Crippen LogP contribution < -0.4 is 9.47 Å². The molecule has 6 rings (SSSR count). The van der Waals surface area contributed by atoms with Gasteiger partial charge in [-0.2, -0.15) is 0 Å². The number of benzene rings is 2. The van der Waals surface area contributed by atoms with Gasteiger partial charge in [0.15, 0.2) is 0 Å². The second-order valence-electron chi connectivity index (χ2n) is 7.83. The van der Waals surface area contributed by atoms with Crippen LogP contribution in [0.3, 0.4) is 0 Å². The third-order valence-electron chi connectivity index (χ3n) is 5.94. The second-order valence-corrected chi connectivity index (χ2v) is 7.83. The highest BCUT2D eigenvalue weighted by Crippen LogP contribution is 2.50. The molecule has 1 saturated carbocycles. The Balaban J connectivity index is 1.65. The molecule has 8 heteroatoms. The molecule has 0 unspecified atom stereocenters. The number of hydrogen-bond acceptors (Lipinski definition) is 6. The van der Waals surface area contributed by atoms with Crippen molar-refractivity contribution in [2.24, 2.45) is 0 Å². The van der Waals surface area contributed by atoms with Crippen molar-refractivity contribution in [3.8, 4) is 11.5 Å². The van der Waals surface area contributed by atoms with E-state index in [1.165, 1.54) is 0 Å². The fourth-order valence-electron chi connectivity index (χ4n) is 4.18. The minimum atomic E-state index is -1.05. The van der Waals surface area contributed by atoms with Crippen molar-refractivity contribution in [3.05, 3.63) is 58.7 Å². The first kappa shape index (κ1) is 22.1. The third kappa shape index (κ3) is 4.87. The van der Waals surface area contributed by atoms with E-state index in [-0.39, 0.29) is 36.2 Å². The molecule has 0 spiro atoms. The molecular formula is C24H26O8. The molecule has 0 saturated heterocycles. The largest absolute Gasteiger partial charge is 0.490 e. The van der Waals surface area contributed by atoms with Gasteiger partial charge in [0, 0.05) is 0 Å². The Morgan fingerprint density at radius 1 is 0.656 bits per heavy atom. The lowest BCUT2D eigenvalue weighted by molar-refractivity contribution is 0.0269. The van der Waals surface area contributed by atoms with Crippen molar-refractivity contribution in [2.45, 2.75) is 24.7 Å². The van der Waals surface area contributed by atoms with E-state index in [0.717, 1.165) is 24.0 Å². The molecule has 0 aromatic heterocycles. The predicted molar refractivity (Wildman–Crippen MR) is 114 cm³/mol. The van der Waals surface area contributed by atoms with Crippen LogP contribution in [0.15, 0.2) is 36.4 Å². The van der Waals surface area contributed by atoms with Gasteiger partial charge in [-0.1, -0.05) is 12.1 Å². The Kier molecular flexibility index (Phi) is 6.92. The fourth-order valence-corrected chi connectivity index (χ4v) is 4.18. The zero-order valence-electron chi connectivity index (χ0n) is 17.6. The summed E-state index contributed by atoms with van der Waals surface area (Å²) in [5.41, 5.74) is 2.04. The number of ether oxygens (including phenoxy) is 4. The Hall–Kier alpha value is -3.10. The molecule has 170 valence electrons. The third-order valence-corrected chi connectivity index (χ3v) is 5.94. The van der Waals surface area contributed by atoms with Crippen LogP contribution in [0, 0.1) is 0 Å². The van der Waals surface area contributed by atoms with E-state index < -0.39 is 11.9 Å². The van der Waals surface area contributed by atoms with Crippen LogP contribution in [0.5, 0.6) is 11.5 Å². The van der Waals surface area contributed by atoms with Gasteiger partial charge in [0.2, 0.25) is 0 Å². The van der Waals surface area contributed by atoms with Gasteiger partial charge in [0.05, 0.1) is 26.4 Å².